The molecule has 0 aliphatic carbocycles. The standard InChI is InChI=1S/C24H19F3N2O2/c1-15-22(29-23(31-15)20-10-12-21(13-11-20)24(25,26)27)19-8-6-18(7-9-19)17-4-2-16(3-5-17)14-28-30/h2-13,28,30H,14H2,1H3. The van der Waals surface area contributed by atoms with Gasteiger partial charge in [0, 0.05) is 17.7 Å². The van der Waals surface area contributed by atoms with Crippen LogP contribution in [-0.4, -0.2) is 10.2 Å². The first-order valence-corrected chi connectivity index (χ1v) is 9.57. The molecule has 4 rings (SSSR count). The Morgan fingerprint density at radius 2 is 1.32 bits per heavy atom. The van der Waals surface area contributed by atoms with Gasteiger partial charge in [0.25, 0.3) is 0 Å². The van der Waals surface area contributed by atoms with Gasteiger partial charge in [0.05, 0.1) is 5.56 Å². The summed E-state index contributed by atoms with van der Waals surface area (Å²) < 4.78 is 44.0. The summed E-state index contributed by atoms with van der Waals surface area (Å²) in [6.45, 7) is 2.16. The number of hydrogen-bond donors (Lipinski definition) is 2. The lowest BCUT2D eigenvalue weighted by Crippen LogP contribution is -2.05. The summed E-state index contributed by atoms with van der Waals surface area (Å²) in [5.74, 6) is 0.863. The van der Waals surface area contributed by atoms with Crippen LogP contribution in [0.5, 0.6) is 0 Å². The first kappa shape index (κ1) is 20.8. The van der Waals surface area contributed by atoms with E-state index in [1.54, 1.807) is 6.92 Å². The predicted octanol–water partition coefficient (Wildman–Crippen LogP) is 6.48. The van der Waals surface area contributed by atoms with Crippen LogP contribution in [0.15, 0.2) is 77.2 Å². The van der Waals surface area contributed by atoms with E-state index in [2.05, 4.69) is 10.5 Å². The number of aryl methyl sites for hydroxylation is 1. The molecule has 0 atom stereocenters. The highest BCUT2D eigenvalue weighted by molar-refractivity contribution is 5.71. The molecule has 7 heteroatoms. The molecule has 0 unspecified atom stereocenters. The maximum atomic E-state index is 12.8. The Hall–Kier alpha value is -3.42. The molecule has 1 aromatic heterocycles. The Balaban J connectivity index is 1.57. The third-order valence-corrected chi connectivity index (χ3v) is 4.98. The van der Waals surface area contributed by atoms with Gasteiger partial charge in [-0.25, -0.2) is 10.5 Å². The van der Waals surface area contributed by atoms with Crippen molar-refractivity contribution in [3.05, 3.63) is 89.7 Å². The second-order valence-electron chi connectivity index (χ2n) is 7.11. The van der Waals surface area contributed by atoms with E-state index in [-0.39, 0.29) is 5.89 Å². The predicted molar refractivity (Wildman–Crippen MR) is 111 cm³/mol. The van der Waals surface area contributed by atoms with Gasteiger partial charge in [-0.3, -0.25) is 0 Å². The minimum Gasteiger partial charge on any atom is -0.441 e. The average Bonchev–Trinajstić information content (AvgIpc) is 3.16. The van der Waals surface area contributed by atoms with Crippen LogP contribution in [0.4, 0.5) is 13.2 Å². The zero-order valence-electron chi connectivity index (χ0n) is 16.6. The van der Waals surface area contributed by atoms with Crippen molar-refractivity contribution in [2.75, 3.05) is 0 Å². The van der Waals surface area contributed by atoms with E-state index in [1.165, 1.54) is 12.1 Å². The minimum absolute atomic E-state index is 0.276. The van der Waals surface area contributed by atoms with Crippen LogP contribution in [0.2, 0.25) is 0 Å². The van der Waals surface area contributed by atoms with Gasteiger partial charge in [0.2, 0.25) is 5.89 Å². The maximum absolute atomic E-state index is 12.8. The highest BCUT2D eigenvalue weighted by atomic mass is 19.4. The van der Waals surface area contributed by atoms with Gasteiger partial charge >= 0.3 is 6.18 Å². The number of hydroxylamine groups is 1. The third kappa shape index (κ3) is 4.52. The fourth-order valence-electron chi connectivity index (χ4n) is 3.32. The Bertz CT molecular complexity index is 1160. The Labute approximate surface area is 177 Å². The lowest BCUT2D eigenvalue weighted by atomic mass is 10.0. The van der Waals surface area contributed by atoms with Crippen molar-refractivity contribution in [2.24, 2.45) is 0 Å². The van der Waals surface area contributed by atoms with Gasteiger partial charge in [0.1, 0.15) is 11.5 Å². The van der Waals surface area contributed by atoms with E-state index in [9.17, 15) is 13.2 Å². The van der Waals surface area contributed by atoms with E-state index in [0.29, 0.717) is 23.6 Å². The molecule has 0 amide bonds. The molecule has 0 spiro atoms. The highest BCUT2D eigenvalue weighted by Gasteiger charge is 2.30. The number of nitrogens with one attached hydrogen (secondary N) is 1. The average molecular weight is 424 g/mol. The summed E-state index contributed by atoms with van der Waals surface area (Å²) in [5, 5.41) is 8.78. The number of aromatic nitrogens is 1. The molecule has 0 saturated heterocycles. The summed E-state index contributed by atoms with van der Waals surface area (Å²) in [6, 6.07) is 20.4. The molecule has 0 aliphatic rings. The number of alkyl halides is 3. The van der Waals surface area contributed by atoms with Crippen molar-refractivity contribution >= 4 is 0 Å². The minimum atomic E-state index is -4.38. The van der Waals surface area contributed by atoms with E-state index in [0.717, 1.165) is 34.4 Å². The summed E-state index contributed by atoms with van der Waals surface area (Å²) in [6.07, 6.45) is -4.38. The molecule has 0 aliphatic heterocycles. The van der Waals surface area contributed by atoms with Crippen LogP contribution in [-0.2, 0) is 12.7 Å². The molecule has 2 N–H and O–H groups in total. The number of rotatable bonds is 5. The van der Waals surface area contributed by atoms with E-state index < -0.39 is 11.7 Å². The molecule has 0 bridgehead atoms. The number of halogens is 3. The lowest BCUT2D eigenvalue weighted by molar-refractivity contribution is -0.137. The van der Waals surface area contributed by atoms with E-state index in [4.69, 9.17) is 9.62 Å². The van der Waals surface area contributed by atoms with E-state index in [1.807, 2.05) is 48.5 Å². The normalized spacial score (nSPS) is 11.6. The molecule has 1 heterocycles. The number of hydrogen-bond acceptors (Lipinski definition) is 4. The van der Waals surface area contributed by atoms with Crippen LogP contribution < -0.4 is 5.48 Å². The van der Waals surface area contributed by atoms with Crippen molar-refractivity contribution < 1.29 is 22.8 Å². The second-order valence-corrected chi connectivity index (χ2v) is 7.11. The first-order valence-electron chi connectivity index (χ1n) is 9.57. The third-order valence-electron chi connectivity index (χ3n) is 4.98. The van der Waals surface area contributed by atoms with Gasteiger partial charge in [-0.2, -0.15) is 13.2 Å². The fourth-order valence-corrected chi connectivity index (χ4v) is 3.32. The van der Waals surface area contributed by atoms with Crippen molar-refractivity contribution in [1.82, 2.24) is 10.5 Å². The Morgan fingerprint density at radius 3 is 1.87 bits per heavy atom. The smallest absolute Gasteiger partial charge is 0.416 e. The van der Waals surface area contributed by atoms with E-state index >= 15 is 0 Å². The van der Waals surface area contributed by atoms with Crippen molar-refractivity contribution in [3.63, 3.8) is 0 Å². The first-order chi connectivity index (χ1) is 14.8. The SMILES string of the molecule is Cc1oc(-c2ccc(C(F)(F)F)cc2)nc1-c1ccc(-c2ccc(CNO)cc2)cc1. The zero-order valence-corrected chi connectivity index (χ0v) is 16.6. The molecule has 0 fully saturated rings. The maximum Gasteiger partial charge on any atom is 0.416 e. The van der Waals surface area contributed by atoms with Gasteiger partial charge in [-0.05, 0) is 47.9 Å². The molecule has 3 aromatic carbocycles. The molecule has 158 valence electrons. The van der Waals surface area contributed by atoms with Crippen LogP contribution in [0.1, 0.15) is 16.9 Å². The Morgan fingerprint density at radius 1 is 0.806 bits per heavy atom. The van der Waals surface area contributed by atoms with Gasteiger partial charge in [-0.15, -0.1) is 0 Å². The molecule has 0 saturated carbocycles. The summed E-state index contributed by atoms with van der Waals surface area (Å²) in [7, 11) is 0. The van der Waals surface area contributed by atoms with Crippen LogP contribution >= 0.6 is 0 Å². The summed E-state index contributed by atoms with van der Waals surface area (Å²) in [5.41, 5.74) is 6.43. The molecular formula is C24H19F3N2O2. The summed E-state index contributed by atoms with van der Waals surface area (Å²) >= 11 is 0. The Kier molecular flexibility index (Phi) is 5.63. The van der Waals surface area contributed by atoms with Crippen molar-refractivity contribution in [2.45, 2.75) is 19.6 Å². The topological polar surface area (TPSA) is 58.3 Å². The van der Waals surface area contributed by atoms with Gasteiger partial charge in [0.15, 0.2) is 0 Å². The monoisotopic (exact) mass is 424 g/mol. The number of nitrogens with zero attached hydrogens (tertiary/aromatic N) is 1. The summed E-state index contributed by atoms with van der Waals surface area (Å²) in [4.78, 5) is 4.50. The van der Waals surface area contributed by atoms with Crippen LogP contribution in [0.3, 0.4) is 0 Å². The largest absolute Gasteiger partial charge is 0.441 e. The molecule has 4 aromatic rings. The lowest BCUT2D eigenvalue weighted by Gasteiger charge is -2.06. The zero-order chi connectivity index (χ0) is 22.0. The second kappa shape index (κ2) is 8.37. The molecule has 4 nitrogen and oxygen atoms in total. The fraction of sp³-hybridized carbons (Fsp3) is 0.125. The quantitative estimate of drug-likeness (QED) is 0.360. The van der Waals surface area contributed by atoms with Crippen molar-refractivity contribution in [3.8, 4) is 33.8 Å². The molecular weight excluding hydrogens is 405 g/mol. The molecule has 31 heavy (non-hydrogen) atoms. The highest BCUT2D eigenvalue weighted by Crippen LogP contribution is 2.33. The van der Waals surface area contributed by atoms with Gasteiger partial charge < -0.3 is 9.62 Å². The number of benzene rings is 3. The van der Waals surface area contributed by atoms with Crippen LogP contribution in [0, 0.1) is 6.92 Å². The van der Waals surface area contributed by atoms with Crippen molar-refractivity contribution in [1.29, 1.82) is 0 Å². The molecule has 0 radical (unpaired) electrons. The number of oxazole rings is 1. The van der Waals surface area contributed by atoms with Crippen LogP contribution in [0.25, 0.3) is 33.8 Å². The van der Waals surface area contributed by atoms with Gasteiger partial charge in [-0.1, -0.05) is 48.5 Å².